The number of rotatable bonds is 4. The van der Waals surface area contributed by atoms with E-state index in [-0.39, 0.29) is 17.7 Å². The average molecular weight is 486 g/mol. The van der Waals surface area contributed by atoms with E-state index in [0.717, 1.165) is 27.5 Å². The molecular weight excluding hydrogens is 458 g/mol. The molecular formula is C23H28BrN5O2. The normalized spacial score (nSPS) is 19.5. The van der Waals surface area contributed by atoms with Gasteiger partial charge in [-0.1, -0.05) is 35.8 Å². The topological polar surface area (TPSA) is 69.6 Å². The number of piperazine rings is 1. The third-order valence-electron chi connectivity index (χ3n) is 5.91. The van der Waals surface area contributed by atoms with Crippen molar-refractivity contribution in [2.75, 3.05) is 42.5 Å². The highest BCUT2D eigenvalue weighted by molar-refractivity contribution is 9.10. The van der Waals surface area contributed by atoms with E-state index in [0.29, 0.717) is 39.1 Å². The summed E-state index contributed by atoms with van der Waals surface area (Å²) in [6.45, 7) is 9.34. The van der Waals surface area contributed by atoms with E-state index in [4.69, 9.17) is 4.98 Å². The van der Waals surface area contributed by atoms with Crippen molar-refractivity contribution in [3.05, 3.63) is 46.3 Å². The van der Waals surface area contributed by atoms with Gasteiger partial charge < -0.3 is 14.7 Å². The molecule has 0 aliphatic carbocycles. The first-order valence-electron chi connectivity index (χ1n) is 10.8. The fraction of sp³-hybridized carbons (Fsp3) is 0.478. The summed E-state index contributed by atoms with van der Waals surface area (Å²) in [7, 11) is 0. The summed E-state index contributed by atoms with van der Waals surface area (Å²) in [5.74, 6) is 1.30. The summed E-state index contributed by atoms with van der Waals surface area (Å²) < 4.78 is 0.921. The van der Waals surface area contributed by atoms with Crippen LogP contribution >= 0.6 is 15.9 Å². The van der Waals surface area contributed by atoms with Crippen LogP contribution in [-0.2, 0) is 9.59 Å². The average Bonchev–Trinajstić information content (AvgIpc) is 3.14. The second-order valence-electron chi connectivity index (χ2n) is 8.50. The summed E-state index contributed by atoms with van der Waals surface area (Å²) in [6.07, 6.45) is 0.563. The molecule has 1 aromatic heterocycles. The molecule has 7 nitrogen and oxygen atoms in total. The molecule has 31 heavy (non-hydrogen) atoms. The van der Waals surface area contributed by atoms with E-state index in [1.54, 1.807) is 4.90 Å². The lowest BCUT2D eigenvalue weighted by Gasteiger charge is -2.36. The molecule has 8 heteroatoms. The standard InChI is InChI=1S/C23H28BrN5O2/c1-15(2)21-25-16(3)13-20(26-21)27-9-11-28(12-10-27)22(30)19-7-8-29(23(19)31)18-6-4-5-17(24)14-18/h4-6,13-15,19H,7-12H2,1-3H3. The summed E-state index contributed by atoms with van der Waals surface area (Å²) in [5, 5.41) is 0. The number of carbonyl (C=O) groups excluding carboxylic acids is 2. The Bertz CT molecular complexity index is 988. The third-order valence-corrected chi connectivity index (χ3v) is 6.41. The number of aromatic nitrogens is 2. The molecule has 1 aromatic carbocycles. The largest absolute Gasteiger partial charge is 0.353 e. The van der Waals surface area contributed by atoms with Crippen molar-refractivity contribution in [1.29, 1.82) is 0 Å². The zero-order valence-corrected chi connectivity index (χ0v) is 19.8. The monoisotopic (exact) mass is 485 g/mol. The number of aryl methyl sites for hydroxylation is 1. The van der Waals surface area contributed by atoms with Crippen molar-refractivity contribution in [1.82, 2.24) is 14.9 Å². The van der Waals surface area contributed by atoms with Gasteiger partial charge in [-0.3, -0.25) is 9.59 Å². The van der Waals surface area contributed by atoms with Crippen LogP contribution in [0.3, 0.4) is 0 Å². The van der Waals surface area contributed by atoms with E-state index >= 15 is 0 Å². The molecule has 0 N–H and O–H groups in total. The predicted octanol–water partition coefficient (Wildman–Crippen LogP) is 3.37. The first-order valence-corrected chi connectivity index (χ1v) is 11.6. The predicted molar refractivity (Wildman–Crippen MR) is 124 cm³/mol. The number of halogens is 1. The van der Waals surface area contributed by atoms with E-state index in [1.807, 2.05) is 42.2 Å². The molecule has 2 fully saturated rings. The van der Waals surface area contributed by atoms with E-state index in [1.165, 1.54) is 0 Å². The Hall–Kier alpha value is -2.48. The minimum absolute atomic E-state index is 0.0520. The lowest BCUT2D eigenvalue weighted by atomic mass is 10.1. The molecule has 0 radical (unpaired) electrons. The molecule has 1 unspecified atom stereocenters. The van der Waals surface area contributed by atoms with Gasteiger partial charge in [0.05, 0.1) is 0 Å². The van der Waals surface area contributed by atoms with Gasteiger partial charge in [0, 0.05) is 60.6 Å². The van der Waals surface area contributed by atoms with Gasteiger partial charge in [0.25, 0.3) is 0 Å². The first kappa shape index (κ1) is 21.7. The molecule has 0 saturated carbocycles. The molecule has 4 rings (SSSR count). The number of amides is 2. The van der Waals surface area contributed by atoms with E-state index < -0.39 is 5.92 Å². The van der Waals surface area contributed by atoms with Crippen molar-refractivity contribution >= 4 is 39.2 Å². The molecule has 2 amide bonds. The van der Waals surface area contributed by atoms with Gasteiger partial charge in [0.15, 0.2) is 0 Å². The molecule has 2 aliphatic heterocycles. The highest BCUT2D eigenvalue weighted by Gasteiger charge is 2.40. The van der Waals surface area contributed by atoms with E-state index in [2.05, 4.69) is 39.7 Å². The molecule has 3 heterocycles. The molecule has 2 aliphatic rings. The fourth-order valence-electron chi connectivity index (χ4n) is 4.18. The lowest BCUT2D eigenvalue weighted by Crippen LogP contribution is -2.51. The number of hydrogen-bond acceptors (Lipinski definition) is 5. The Morgan fingerprint density at radius 3 is 2.52 bits per heavy atom. The van der Waals surface area contributed by atoms with Gasteiger partial charge in [0.1, 0.15) is 17.6 Å². The van der Waals surface area contributed by atoms with Crippen molar-refractivity contribution in [3.63, 3.8) is 0 Å². The number of anilines is 2. The Labute approximate surface area is 191 Å². The minimum Gasteiger partial charge on any atom is -0.353 e. The van der Waals surface area contributed by atoms with Gasteiger partial charge in [0.2, 0.25) is 11.8 Å². The quantitative estimate of drug-likeness (QED) is 0.620. The number of carbonyl (C=O) groups is 2. The first-order chi connectivity index (χ1) is 14.8. The van der Waals surface area contributed by atoms with Crippen LogP contribution in [0.25, 0.3) is 0 Å². The minimum atomic E-state index is -0.584. The number of hydrogen-bond donors (Lipinski definition) is 0. The number of nitrogens with zero attached hydrogens (tertiary/aromatic N) is 5. The Balaban J connectivity index is 1.39. The van der Waals surface area contributed by atoms with Crippen LogP contribution < -0.4 is 9.80 Å². The van der Waals surface area contributed by atoms with Crippen molar-refractivity contribution in [3.8, 4) is 0 Å². The van der Waals surface area contributed by atoms with Crippen LogP contribution in [0.4, 0.5) is 11.5 Å². The second-order valence-corrected chi connectivity index (χ2v) is 9.42. The van der Waals surface area contributed by atoms with Gasteiger partial charge >= 0.3 is 0 Å². The molecule has 0 bridgehead atoms. The van der Waals surface area contributed by atoms with Gasteiger partial charge in [-0.25, -0.2) is 9.97 Å². The molecule has 2 saturated heterocycles. The lowest BCUT2D eigenvalue weighted by molar-refractivity contribution is -0.140. The van der Waals surface area contributed by atoms with Crippen LogP contribution in [0.5, 0.6) is 0 Å². The van der Waals surface area contributed by atoms with Crippen LogP contribution in [0, 0.1) is 12.8 Å². The Morgan fingerprint density at radius 2 is 1.84 bits per heavy atom. The maximum atomic E-state index is 13.1. The maximum absolute atomic E-state index is 13.1. The third kappa shape index (κ3) is 4.59. The van der Waals surface area contributed by atoms with Crippen LogP contribution in [0.1, 0.15) is 37.7 Å². The second kappa shape index (κ2) is 8.94. The zero-order chi connectivity index (χ0) is 22.1. The van der Waals surface area contributed by atoms with Crippen LogP contribution in [0.2, 0.25) is 0 Å². The smallest absolute Gasteiger partial charge is 0.239 e. The van der Waals surface area contributed by atoms with Crippen molar-refractivity contribution < 1.29 is 9.59 Å². The van der Waals surface area contributed by atoms with Crippen LogP contribution in [-0.4, -0.2) is 59.4 Å². The maximum Gasteiger partial charge on any atom is 0.239 e. The number of benzene rings is 1. The van der Waals surface area contributed by atoms with Crippen molar-refractivity contribution in [2.24, 2.45) is 5.92 Å². The molecule has 164 valence electrons. The highest BCUT2D eigenvalue weighted by atomic mass is 79.9. The summed E-state index contributed by atoms with van der Waals surface area (Å²) in [5.41, 5.74) is 1.79. The summed E-state index contributed by atoms with van der Waals surface area (Å²) >= 11 is 3.45. The molecule has 2 aromatic rings. The van der Waals surface area contributed by atoms with Crippen LogP contribution in [0.15, 0.2) is 34.8 Å². The summed E-state index contributed by atoms with van der Waals surface area (Å²) in [6, 6.07) is 9.65. The Morgan fingerprint density at radius 1 is 1.10 bits per heavy atom. The molecule has 0 spiro atoms. The van der Waals surface area contributed by atoms with Gasteiger partial charge in [-0.15, -0.1) is 0 Å². The highest BCUT2D eigenvalue weighted by Crippen LogP contribution is 2.29. The fourth-order valence-corrected chi connectivity index (χ4v) is 4.57. The van der Waals surface area contributed by atoms with E-state index in [9.17, 15) is 9.59 Å². The SMILES string of the molecule is Cc1cc(N2CCN(C(=O)C3CCN(c4cccc(Br)c4)C3=O)CC2)nc(C(C)C)n1. The summed E-state index contributed by atoms with van der Waals surface area (Å²) in [4.78, 5) is 41.1. The Kier molecular flexibility index (Phi) is 6.27. The van der Waals surface area contributed by atoms with Crippen molar-refractivity contribution in [2.45, 2.75) is 33.1 Å². The van der Waals surface area contributed by atoms with Gasteiger partial charge in [-0.2, -0.15) is 0 Å². The molecule has 1 atom stereocenters. The zero-order valence-electron chi connectivity index (χ0n) is 18.2. The van der Waals surface area contributed by atoms with Gasteiger partial charge in [-0.05, 0) is 31.5 Å².